The number of esters is 1. The molecular weight excluding hydrogens is 402 g/mol. The number of nitro groups is 1. The number of hydrogen-bond acceptors (Lipinski definition) is 7. The normalized spacial score (nSPS) is 11.5. The molecule has 0 radical (unpaired) electrons. The van der Waals surface area contributed by atoms with Crippen LogP contribution in [-0.2, 0) is 20.9 Å². The highest BCUT2D eigenvalue weighted by Gasteiger charge is 2.25. The topological polar surface area (TPSA) is 121 Å². The van der Waals surface area contributed by atoms with Crippen molar-refractivity contribution in [3.05, 3.63) is 70.0 Å². The third kappa shape index (κ3) is 8.53. The van der Waals surface area contributed by atoms with E-state index in [2.05, 4.69) is 22.1 Å². The summed E-state index contributed by atoms with van der Waals surface area (Å²) in [6, 6.07) is 9.27. The molecule has 1 amide bonds. The first-order valence-electron chi connectivity index (χ1n) is 9.42. The first-order chi connectivity index (χ1) is 14.6. The van der Waals surface area contributed by atoms with Gasteiger partial charge in [0.15, 0.2) is 0 Å². The quantitative estimate of drug-likeness (QED) is 0.326. The van der Waals surface area contributed by atoms with Gasteiger partial charge in [0.25, 0.3) is 5.69 Å². The summed E-state index contributed by atoms with van der Waals surface area (Å²) in [6.45, 7) is 5.13. The van der Waals surface area contributed by atoms with Crippen molar-refractivity contribution in [3.8, 4) is 11.8 Å². The van der Waals surface area contributed by atoms with Crippen LogP contribution in [0.4, 0.5) is 10.5 Å². The van der Waals surface area contributed by atoms with Crippen molar-refractivity contribution < 1.29 is 24.0 Å². The number of nitrogens with one attached hydrogen (secondary N) is 1. The SMILES string of the molecule is CC(C)(C)OC(=O)NC(CC#Cc1cncc([N+](=O)[O-])c1)C(=O)OCc1ccccc1. The van der Waals surface area contributed by atoms with Crippen LogP contribution in [0.25, 0.3) is 0 Å². The first-order valence-corrected chi connectivity index (χ1v) is 9.42. The van der Waals surface area contributed by atoms with Crippen molar-refractivity contribution in [3.63, 3.8) is 0 Å². The van der Waals surface area contributed by atoms with E-state index in [0.29, 0.717) is 5.56 Å². The molecule has 0 aliphatic rings. The molecule has 162 valence electrons. The molecule has 2 aromatic rings. The van der Waals surface area contributed by atoms with E-state index in [1.54, 1.807) is 32.9 Å². The smallest absolute Gasteiger partial charge is 0.408 e. The number of ether oxygens (including phenoxy) is 2. The van der Waals surface area contributed by atoms with Crippen LogP contribution in [0, 0.1) is 22.0 Å². The molecule has 0 spiro atoms. The van der Waals surface area contributed by atoms with Crippen molar-refractivity contribution in [2.45, 2.75) is 45.4 Å². The zero-order valence-electron chi connectivity index (χ0n) is 17.5. The van der Waals surface area contributed by atoms with Crippen LogP contribution in [0.1, 0.15) is 38.3 Å². The fraction of sp³-hybridized carbons (Fsp3) is 0.318. The van der Waals surface area contributed by atoms with Gasteiger partial charge in [0.1, 0.15) is 24.4 Å². The van der Waals surface area contributed by atoms with Crippen molar-refractivity contribution in [1.29, 1.82) is 0 Å². The second kappa shape index (κ2) is 10.7. The Kier molecular flexibility index (Phi) is 8.09. The summed E-state index contributed by atoms with van der Waals surface area (Å²) in [5.74, 6) is 4.76. The highest BCUT2D eigenvalue weighted by Crippen LogP contribution is 2.11. The Morgan fingerprint density at radius 2 is 1.94 bits per heavy atom. The summed E-state index contributed by atoms with van der Waals surface area (Å²) in [7, 11) is 0. The zero-order chi connectivity index (χ0) is 22.9. The number of carbonyl (C=O) groups is 2. The molecule has 0 bridgehead atoms. The predicted molar refractivity (Wildman–Crippen MR) is 112 cm³/mol. The van der Waals surface area contributed by atoms with Gasteiger partial charge in [-0.3, -0.25) is 15.1 Å². The molecule has 9 heteroatoms. The van der Waals surface area contributed by atoms with Crippen LogP contribution in [0.3, 0.4) is 0 Å². The maximum Gasteiger partial charge on any atom is 0.408 e. The zero-order valence-corrected chi connectivity index (χ0v) is 17.5. The Bertz CT molecular complexity index is 990. The van der Waals surface area contributed by atoms with E-state index in [4.69, 9.17) is 9.47 Å². The summed E-state index contributed by atoms with van der Waals surface area (Å²) in [4.78, 5) is 38.7. The molecule has 0 aliphatic carbocycles. The molecule has 0 fully saturated rings. The van der Waals surface area contributed by atoms with Gasteiger partial charge in [-0.1, -0.05) is 42.2 Å². The maximum atomic E-state index is 12.5. The summed E-state index contributed by atoms with van der Waals surface area (Å²) >= 11 is 0. The Morgan fingerprint density at radius 1 is 1.23 bits per heavy atom. The molecule has 0 aliphatic heterocycles. The molecule has 1 N–H and O–H groups in total. The lowest BCUT2D eigenvalue weighted by molar-refractivity contribution is -0.385. The van der Waals surface area contributed by atoms with Gasteiger partial charge in [0.2, 0.25) is 0 Å². The summed E-state index contributed by atoms with van der Waals surface area (Å²) < 4.78 is 10.5. The summed E-state index contributed by atoms with van der Waals surface area (Å²) in [5.41, 5.74) is 0.157. The van der Waals surface area contributed by atoms with Crippen LogP contribution in [-0.4, -0.2) is 33.6 Å². The van der Waals surface area contributed by atoms with E-state index >= 15 is 0 Å². The lowest BCUT2D eigenvalue weighted by atomic mass is 10.2. The van der Waals surface area contributed by atoms with E-state index in [1.807, 2.05) is 18.2 Å². The van der Waals surface area contributed by atoms with Gasteiger partial charge < -0.3 is 14.8 Å². The number of hydrogen-bond donors (Lipinski definition) is 1. The maximum absolute atomic E-state index is 12.5. The second-order valence-corrected chi connectivity index (χ2v) is 7.49. The molecule has 31 heavy (non-hydrogen) atoms. The van der Waals surface area contributed by atoms with Crippen LogP contribution in [0.15, 0.2) is 48.8 Å². The molecule has 0 saturated heterocycles. The molecule has 1 aromatic heterocycles. The molecule has 2 rings (SSSR count). The Balaban J connectivity index is 2.09. The molecule has 1 atom stereocenters. The fourth-order valence-corrected chi connectivity index (χ4v) is 2.32. The number of carbonyl (C=O) groups excluding carboxylic acids is 2. The van der Waals surface area contributed by atoms with Gasteiger partial charge in [0, 0.05) is 24.2 Å². The molecule has 9 nitrogen and oxygen atoms in total. The lowest BCUT2D eigenvalue weighted by Gasteiger charge is -2.22. The van der Waals surface area contributed by atoms with E-state index in [-0.39, 0.29) is 18.7 Å². The Hall–Kier alpha value is -3.93. The van der Waals surface area contributed by atoms with Gasteiger partial charge in [0.05, 0.1) is 4.92 Å². The van der Waals surface area contributed by atoms with E-state index in [9.17, 15) is 19.7 Å². The largest absolute Gasteiger partial charge is 0.459 e. The number of aromatic nitrogens is 1. The van der Waals surface area contributed by atoms with Crippen molar-refractivity contribution in [2.75, 3.05) is 0 Å². The highest BCUT2D eigenvalue weighted by molar-refractivity contribution is 5.81. The second-order valence-electron chi connectivity index (χ2n) is 7.49. The monoisotopic (exact) mass is 425 g/mol. The van der Waals surface area contributed by atoms with Crippen molar-refractivity contribution >= 4 is 17.7 Å². The van der Waals surface area contributed by atoms with Gasteiger partial charge in [-0.25, -0.2) is 9.59 Å². The standard InChI is InChI=1S/C22H23N3O6/c1-22(2,3)31-21(27)24-19(20(26)30-15-16-8-5-4-6-9-16)11-7-10-17-12-18(25(28)29)14-23-13-17/h4-6,8-9,12-14,19H,11,15H2,1-3H3,(H,24,27). The average Bonchev–Trinajstić information content (AvgIpc) is 2.71. The number of rotatable bonds is 6. The minimum atomic E-state index is -1.09. The Morgan fingerprint density at radius 3 is 2.58 bits per heavy atom. The molecule has 1 aromatic carbocycles. The summed E-state index contributed by atoms with van der Waals surface area (Å²) in [5, 5.41) is 13.3. The van der Waals surface area contributed by atoms with Gasteiger partial charge in [-0.2, -0.15) is 0 Å². The van der Waals surface area contributed by atoms with E-state index in [1.165, 1.54) is 12.3 Å². The lowest BCUT2D eigenvalue weighted by Crippen LogP contribution is -2.44. The van der Waals surface area contributed by atoms with Crippen LogP contribution in [0.5, 0.6) is 0 Å². The number of nitrogens with zero attached hydrogens (tertiary/aromatic N) is 2. The Labute approximate surface area is 179 Å². The van der Waals surface area contributed by atoms with Gasteiger partial charge in [-0.15, -0.1) is 0 Å². The predicted octanol–water partition coefficient (Wildman–Crippen LogP) is 3.37. The molecular formula is C22H23N3O6. The number of alkyl carbamates (subject to hydrolysis) is 1. The van der Waals surface area contributed by atoms with Crippen LogP contribution in [0.2, 0.25) is 0 Å². The third-order valence-corrected chi connectivity index (χ3v) is 3.67. The molecule has 1 heterocycles. The third-order valence-electron chi connectivity index (χ3n) is 3.67. The van der Waals surface area contributed by atoms with Crippen LogP contribution >= 0.6 is 0 Å². The fourth-order valence-electron chi connectivity index (χ4n) is 2.32. The van der Waals surface area contributed by atoms with Gasteiger partial charge >= 0.3 is 12.1 Å². The first kappa shape index (κ1) is 23.3. The van der Waals surface area contributed by atoms with E-state index < -0.39 is 28.6 Å². The number of amides is 1. The van der Waals surface area contributed by atoms with Gasteiger partial charge in [-0.05, 0) is 26.3 Å². The minimum Gasteiger partial charge on any atom is -0.459 e. The minimum absolute atomic E-state index is 0.0361. The number of pyridine rings is 1. The van der Waals surface area contributed by atoms with E-state index in [0.717, 1.165) is 11.8 Å². The molecule has 1 unspecified atom stereocenters. The van der Waals surface area contributed by atoms with Crippen LogP contribution < -0.4 is 5.32 Å². The molecule has 0 saturated carbocycles. The number of benzene rings is 1. The van der Waals surface area contributed by atoms with Crippen molar-refractivity contribution in [2.24, 2.45) is 0 Å². The van der Waals surface area contributed by atoms with Crippen molar-refractivity contribution in [1.82, 2.24) is 10.3 Å². The average molecular weight is 425 g/mol. The highest BCUT2D eigenvalue weighted by atomic mass is 16.6. The summed E-state index contributed by atoms with van der Waals surface area (Å²) in [6.07, 6.45) is 1.60.